The van der Waals surface area contributed by atoms with Crippen molar-refractivity contribution in [2.75, 3.05) is 19.9 Å². The fourth-order valence-electron chi connectivity index (χ4n) is 5.44. The van der Waals surface area contributed by atoms with E-state index in [1.165, 1.54) is 12.1 Å². The van der Waals surface area contributed by atoms with Gasteiger partial charge in [0.25, 0.3) is 5.56 Å². The fraction of sp³-hybridized carbons (Fsp3) is 0.200. The van der Waals surface area contributed by atoms with E-state index in [1.807, 2.05) is 42.5 Å². The van der Waals surface area contributed by atoms with Gasteiger partial charge >= 0.3 is 0 Å². The summed E-state index contributed by atoms with van der Waals surface area (Å²) in [4.78, 5) is 18.8. The standard InChI is InChI=1S/C30H25FN6O3/c31-23-8-6-20(7-9-23)21-10-12-36(13-11-21)28(29-33-34-35-37(29)17-19-4-2-1-3-5-19)24-14-22-15-26-27(40-18-39-26)16-25(22)32-30(24)38/h1-10,14-16,28H,11-13,17-18H2,(H,32,38). The molecule has 3 aromatic carbocycles. The van der Waals surface area contributed by atoms with Gasteiger partial charge < -0.3 is 14.5 Å². The zero-order chi connectivity index (χ0) is 27.1. The summed E-state index contributed by atoms with van der Waals surface area (Å²) in [5.41, 5.74) is 4.16. The van der Waals surface area contributed by atoms with E-state index in [9.17, 15) is 9.18 Å². The Labute approximate surface area is 228 Å². The molecule has 0 spiro atoms. The maximum Gasteiger partial charge on any atom is 0.253 e. The Morgan fingerprint density at radius 2 is 1.80 bits per heavy atom. The number of pyridine rings is 1. The van der Waals surface area contributed by atoms with Gasteiger partial charge in [0.15, 0.2) is 17.3 Å². The molecule has 0 saturated carbocycles. The zero-order valence-corrected chi connectivity index (χ0v) is 21.5. The summed E-state index contributed by atoms with van der Waals surface area (Å²) in [6.07, 6.45) is 2.86. The molecule has 2 aliphatic rings. The van der Waals surface area contributed by atoms with Gasteiger partial charge in [0.2, 0.25) is 6.79 Å². The number of hydrogen-bond acceptors (Lipinski definition) is 7. The predicted octanol–water partition coefficient (Wildman–Crippen LogP) is 4.31. The van der Waals surface area contributed by atoms with Gasteiger partial charge in [-0.05, 0) is 57.8 Å². The Balaban J connectivity index is 1.31. The molecule has 0 saturated heterocycles. The van der Waals surface area contributed by atoms with Crippen LogP contribution < -0.4 is 15.0 Å². The summed E-state index contributed by atoms with van der Waals surface area (Å²) in [5.74, 6) is 1.56. The van der Waals surface area contributed by atoms with Crippen molar-refractivity contribution < 1.29 is 13.9 Å². The number of nitrogens with zero attached hydrogens (tertiary/aromatic N) is 5. The lowest BCUT2D eigenvalue weighted by molar-refractivity contribution is 0.174. The minimum atomic E-state index is -0.511. The molecule has 0 aliphatic carbocycles. The molecule has 2 aliphatic heterocycles. The Bertz CT molecular complexity index is 1780. The molecule has 1 N–H and O–H groups in total. The highest BCUT2D eigenvalue weighted by Crippen LogP contribution is 2.37. The van der Waals surface area contributed by atoms with Crippen molar-refractivity contribution in [3.8, 4) is 11.5 Å². The highest BCUT2D eigenvalue weighted by atomic mass is 19.1. The maximum atomic E-state index is 13.6. The number of hydrogen-bond donors (Lipinski definition) is 1. The Kier molecular flexibility index (Phi) is 6.09. The van der Waals surface area contributed by atoms with Crippen LogP contribution in [-0.2, 0) is 6.54 Å². The first kappa shape index (κ1) is 24.2. The quantitative estimate of drug-likeness (QED) is 0.345. The second-order valence-electron chi connectivity index (χ2n) is 9.91. The van der Waals surface area contributed by atoms with Crippen LogP contribution in [0.15, 0.2) is 83.7 Å². The molecule has 0 bridgehead atoms. The molecule has 1 atom stereocenters. The fourth-order valence-corrected chi connectivity index (χ4v) is 5.44. The molecular weight excluding hydrogens is 511 g/mol. The van der Waals surface area contributed by atoms with Gasteiger partial charge in [-0.2, -0.15) is 0 Å². The highest BCUT2D eigenvalue weighted by Gasteiger charge is 2.32. The van der Waals surface area contributed by atoms with Crippen LogP contribution in [0.2, 0.25) is 0 Å². The summed E-state index contributed by atoms with van der Waals surface area (Å²) in [6, 6.07) is 21.5. The van der Waals surface area contributed by atoms with Crippen LogP contribution in [-0.4, -0.2) is 50.0 Å². The summed E-state index contributed by atoms with van der Waals surface area (Å²) in [5, 5.41) is 13.6. The van der Waals surface area contributed by atoms with E-state index in [1.54, 1.807) is 22.9 Å². The number of aromatic amines is 1. The molecule has 5 aromatic rings. The number of halogens is 1. The normalized spacial score (nSPS) is 15.8. The summed E-state index contributed by atoms with van der Waals surface area (Å²) >= 11 is 0. The maximum absolute atomic E-state index is 13.6. The third-order valence-corrected chi connectivity index (χ3v) is 7.46. The van der Waals surface area contributed by atoms with Gasteiger partial charge in [-0.3, -0.25) is 9.69 Å². The van der Waals surface area contributed by atoms with E-state index in [2.05, 4.69) is 31.5 Å². The minimum absolute atomic E-state index is 0.149. The van der Waals surface area contributed by atoms with Crippen LogP contribution in [0, 0.1) is 5.82 Å². The number of rotatable bonds is 6. The first-order valence-electron chi connectivity index (χ1n) is 13.1. The van der Waals surface area contributed by atoms with E-state index in [0.29, 0.717) is 48.0 Å². The molecular formula is C30H25FN6O3. The number of ether oxygens (including phenoxy) is 2. The number of aromatic nitrogens is 5. The summed E-state index contributed by atoms with van der Waals surface area (Å²) in [7, 11) is 0. The van der Waals surface area contributed by atoms with Crippen molar-refractivity contribution >= 4 is 16.5 Å². The average molecular weight is 537 g/mol. The topological polar surface area (TPSA) is 98.2 Å². The van der Waals surface area contributed by atoms with Crippen LogP contribution in [0.3, 0.4) is 0 Å². The molecule has 7 rings (SSSR count). The first-order valence-corrected chi connectivity index (χ1v) is 13.1. The Hall–Kier alpha value is -4.83. The molecule has 1 unspecified atom stereocenters. The number of benzene rings is 3. The molecule has 4 heterocycles. The third-order valence-electron chi connectivity index (χ3n) is 7.46. The zero-order valence-electron chi connectivity index (χ0n) is 21.5. The molecule has 0 fully saturated rings. The van der Waals surface area contributed by atoms with E-state index >= 15 is 0 Å². The summed E-state index contributed by atoms with van der Waals surface area (Å²) < 4.78 is 26.3. The van der Waals surface area contributed by atoms with Crippen LogP contribution in [0.5, 0.6) is 11.5 Å². The summed E-state index contributed by atoms with van der Waals surface area (Å²) in [6.45, 7) is 1.84. The van der Waals surface area contributed by atoms with E-state index < -0.39 is 6.04 Å². The molecule has 2 aromatic heterocycles. The van der Waals surface area contributed by atoms with E-state index in [0.717, 1.165) is 28.5 Å². The van der Waals surface area contributed by atoms with Gasteiger partial charge in [-0.15, -0.1) is 5.10 Å². The Morgan fingerprint density at radius 3 is 2.58 bits per heavy atom. The highest BCUT2D eigenvalue weighted by molar-refractivity contribution is 5.83. The van der Waals surface area contributed by atoms with Crippen molar-refractivity contribution in [2.45, 2.75) is 19.0 Å². The molecule has 40 heavy (non-hydrogen) atoms. The van der Waals surface area contributed by atoms with Crippen LogP contribution >= 0.6 is 0 Å². The van der Waals surface area contributed by atoms with E-state index in [4.69, 9.17) is 9.47 Å². The number of nitrogens with one attached hydrogen (secondary N) is 1. The molecule has 9 nitrogen and oxygen atoms in total. The lowest BCUT2D eigenvalue weighted by Crippen LogP contribution is -2.38. The lowest BCUT2D eigenvalue weighted by Gasteiger charge is -2.33. The van der Waals surface area contributed by atoms with Crippen molar-refractivity contribution in [2.24, 2.45) is 0 Å². The molecule has 10 heteroatoms. The van der Waals surface area contributed by atoms with Crippen molar-refractivity contribution in [3.63, 3.8) is 0 Å². The molecule has 0 radical (unpaired) electrons. The lowest BCUT2D eigenvalue weighted by atomic mass is 9.96. The van der Waals surface area contributed by atoms with Gasteiger partial charge in [0, 0.05) is 30.1 Å². The molecule has 0 amide bonds. The number of tetrazole rings is 1. The first-order chi connectivity index (χ1) is 19.6. The van der Waals surface area contributed by atoms with Gasteiger partial charge in [-0.1, -0.05) is 48.5 Å². The second kappa shape index (κ2) is 10.0. The smallest absolute Gasteiger partial charge is 0.253 e. The predicted molar refractivity (Wildman–Crippen MR) is 146 cm³/mol. The monoisotopic (exact) mass is 536 g/mol. The third kappa shape index (κ3) is 4.52. The largest absolute Gasteiger partial charge is 0.454 e. The van der Waals surface area contributed by atoms with Gasteiger partial charge in [-0.25, -0.2) is 9.07 Å². The van der Waals surface area contributed by atoms with E-state index in [-0.39, 0.29) is 18.2 Å². The SMILES string of the molecule is O=c1[nH]c2cc3c(cc2cc1C(c1nnnn1Cc1ccccc1)N1CC=C(c2ccc(F)cc2)CC1)OCO3. The number of fused-ring (bicyclic) bond motifs is 2. The van der Waals surface area contributed by atoms with Crippen LogP contribution in [0.25, 0.3) is 16.5 Å². The van der Waals surface area contributed by atoms with Crippen molar-refractivity contribution in [3.05, 3.63) is 118 Å². The van der Waals surface area contributed by atoms with Crippen LogP contribution in [0.4, 0.5) is 4.39 Å². The minimum Gasteiger partial charge on any atom is -0.454 e. The van der Waals surface area contributed by atoms with Gasteiger partial charge in [0.1, 0.15) is 11.9 Å². The van der Waals surface area contributed by atoms with Crippen LogP contribution in [0.1, 0.15) is 35.0 Å². The number of H-pyrrole nitrogens is 1. The molecule has 200 valence electrons. The Morgan fingerprint density at radius 1 is 1.00 bits per heavy atom. The second-order valence-corrected chi connectivity index (χ2v) is 9.91. The van der Waals surface area contributed by atoms with Crippen molar-refractivity contribution in [1.82, 2.24) is 30.1 Å². The van der Waals surface area contributed by atoms with Crippen molar-refractivity contribution in [1.29, 1.82) is 0 Å². The van der Waals surface area contributed by atoms with Gasteiger partial charge in [0.05, 0.1) is 12.1 Å². The average Bonchev–Trinajstić information content (AvgIpc) is 3.63.